The Labute approximate surface area is 173 Å². The van der Waals surface area contributed by atoms with E-state index in [0.717, 1.165) is 11.6 Å². The average Bonchev–Trinajstić information content (AvgIpc) is 3.38. The minimum absolute atomic E-state index is 0.144. The van der Waals surface area contributed by atoms with E-state index in [1.54, 1.807) is 24.3 Å². The molecule has 0 atom stereocenters. The molecule has 1 aromatic carbocycles. The Balaban J connectivity index is 1.23. The molecule has 0 unspecified atom stereocenters. The molecule has 0 bridgehead atoms. The number of nitrogens with zero attached hydrogens (tertiary/aromatic N) is 3. The number of halogens is 3. The highest BCUT2D eigenvalue weighted by molar-refractivity contribution is 5.94. The Hall–Kier alpha value is -3.76. The third kappa shape index (κ3) is 3.62. The van der Waals surface area contributed by atoms with E-state index in [2.05, 4.69) is 15.2 Å². The van der Waals surface area contributed by atoms with Crippen molar-refractivity contribution in [2.45, 2.75) is 12.3 Å². The van der Waals surface area contributed by atoms with Crippen molar-refractivity contribution in [3.8, 4) is 28.6 Å². The average molecular weight is 432 g/mol. The number of carbonyl (C=O) groups is 1. The number of carbonyl (C=O) groups excluding carboxylic acids is 1. The van der Waals surface area contributed by atoms with E-state index in [9.17, 15) is 18.0 Å². The number of likely N-dealkylation sites (tertiary alicyclic amines) is 1. The number of rotatable bonds is 4. The molecule has 5 rings (SSSR count). The zero-order valence-electron chi connectivity index (χ0n) is 15.8. The summed E-state index contributed by atoms with van der Waals surface area (Å²) in [6.07, 6.45) is -3.91. The minimum atomic E-state index is -4.57. The Kier molecular flexibility index (Phi) is 4.45. The Bertz CT molecular complexity index is 1140. The smallest absolute Gasteiger partial charge is 0.421 e. The van der Waals surface area contributed by atoms with Gasteiger partial charge in [-0.25, -0.2) is 4.98 Å². The number of benzene rings is 1. The molecule has 1 fully saturated rings. The van der Waals surface area contributed by atoms with Gasteiger partial charge in [0, 0.05) is 11.8 Å². The minimum Gasteiger partial charge on any atom is -0.470 e. The van der Waals surface area contributed by atoms with Gasteiger partial charge in [-0.2, -0.15) is 18.3 Å². The molecule has 1 amide bonds. The molecular formula is C20H15F3N4O4. The zero-order chi connectivity index (χ0) is 21.6. The lowest BCUT2D eigenvalue weighted by atomic mass is 10.1. The highest BCUT2D eigenvalue weighted by atomic mass is 19.4. The van der Waals surface area contributed by atoms with E-state index in [-0.39, 0.29) is 31.5 Å². The lowest BCUT2D eigenvalue weighted by molar-refractivity contribution is -0.140. The lowest BCUT2D eigenvalue weighted by Gasteiger charge is -2.38. The Morgan fingerprint density at radius 3 is 2.77 bits per heavy atom. The van der Waals surface area contributed by atoms with Crippen molar-refractivity contribution in [2.24, 2.45) is 0 Å². The van der Waals surface area contributed by atoms with Crippen LogP contribution in [0.3, 0.4) is 0 Å². The third-order valence-corrected chi connectivity index (χ3v) is 4.97. The van der Waals surface area contributed by atoms with E-state index in [0.29, 0.717) is 17.2 Å². The molecule has 2 aromatic heterocycles. The van der Waals surface area contributed by atoms with Crippen LogP contribution in [0.4, 0.5) is 13.2 Å². The molecule has 2 aliphatic heterocycles. The van der Waals surface area contributed by atoms with Crippen LogP contribution in [0.5, 0.6) is 17.4 Å². The molecule has 160 valence electrons. The summed E-state index contributed by atoms with van der Waals surface area (Å²) >= 11 is 0. The fourth-order valence-electron chi connectivity index (χ4n) is 3.34. The van der Waals surface area contributed by atoms with Crippen molar-refractivity contribution in [1.82, 2.24) is 20.1 Å². The van der Waals surface area contributed by atoms with Crippen molar-refractivity contribution >= 4 is 5.91 Å². The lowest BCUT2D eigenvalue weighted by Crippen LogP contribution is -2.56. The van der Waals surface area contributed by atoms with E-state index < -0.39 is 23.7 Å². The van der Waals surface area contributed by atoms with Crippen LogP contribution in [0, 0.1) is 0 Å². The molecule has 3 aromatic rings. The van der Waals surface area contributed by atoms with Crippen molar-refractivity contribution in [1.29, 1.82) is 0 Å². The van der Waals surface area contributed by atoms with Crippen LogP contribution < -0.4 is 14.2 Å². The summed E-state index contributed by atoms with van der Waals surface area (Å²) in [5, 5.41) is 6.86. The molecule has 1 N–H and O–H groups in total. The maximum absolute atomic E-state index is 13.1. The van der Waals surface area contributed by atoms with Gasteiger partial charge in [0.25, 0.3) is 5.91 Å². The fourth-order valence-corrected chi connectivity index (χ4v) is 3.34. The van der Waals surface area contributed by atoms with E-state index >= 15 is 0 Å². The molecule has 31 heavy (non-hydrogen) atoms. The van der Waals surface area contributed by atoms with Gasteiger partial charge in [-0.1, -0.05) is 0 Å². The molecule has 4 heterocycles. The maximum atomic E-state index is 13.1. The normalized spacial score (nSPS) is 15.6. The van der Waals surface area contributed by atoms with Gasteiger partial charge in [-0.15, -0.1) is 0 Å². The van der Waals surface area contributed by atoms with Gasteiger partial charge in [-0.05, 0) is 36.4 Å². The van der Waals surface area contributed by atoms with Gasteiger partial charge in [-0.3, -0.25) is 9.89 Å². The number of amides is 1. The number of fused-ring (bicyclic) bond motifs is 1. The highest BCUT2D eigenvalue weighted by Gasteiger charge is 2.39. The maximum Gasteiger partial charge on any atom is 0.421 e. The molecule has 0 radical (unpaired) electrons. The third-order valence-electron chi connectivity index (χ3n) is 4.97. The van der Waals surface area contributed by atoms with Gasteiger partial charge in [0.15, 0.2) is 11.5 Å². The fraction of sp³-hybridized carbons (Fsp3) is 0.250. The number of aromatic nitrogens is 3. The van der Waals surface area contributed by atoms with E-state index in [4.69, 9.17) is 14.2 Å². The highest BCUT2D eigenvalue weighted by Crippen LogP contribution is 2.36. The first-order valence-corrected chi connectivity index (χ1v) is 9.32. The van der Waals surface area contributed by atoms with Gasteiger partial charge < -0.3 is 19.1 Å². The van der Waals surface area contributed by atoms with Crippen molar-refractivity contribution in [2.75, 3.05) is 19.9 Å². The number of alkyl halides is 3. The predicted octanol–water partition coefficient (Wildman–Crippen LogP) is 3.12. The molecule has 11 heteroatoms. The predicted molar refractivity (Wildman–Crippen MR) is 99.7 cm³/mol. The molecular weight excluding hydrogens is 417 g/mol. The van der Waals surface area contributed by atoms with Crippen LogP contribution in [0.1, 0.15) is 16.1 Å². The summed E-state index contributed by atoms with van der Waals surface area (Å²) in [5.41, 5.74) is 0.624. The van der Waals surface area contributed by atoms with E-state index in [1.165, 1.54) is 17.2 Å². The van der Waals surface area contributed by atoms with Crippen molar-refractivity contribution in [3.05, 3.63) is 53.9 Å². The summed E-state index contributed by atoms with van der Waals surface area (Å²) in [7, 11) is 0. The number of hydrogen-bond donors (Lipinski definition) is 1. The van der Waals surface area contributed by atoms with Crippen LogP contribution in [0.25, 0.3) is 11.3 Å². The zero-order valence-corrected chi connectivity index (χ0v) is 15.8. The summed E-state index contributed by atoms with van der Waals surface area (Å²) in [5.74, 6) is 0.433. The quantitative estimate of drug-likeness (QED) is 0.682. The second-order valence-electron chi connectivity index (χ2n) is 7.04. The number of hydrogen-bond acceptors (Lipinski definition) is 6. The molecule has 0 saturated carbocycles. The summed E-state index contributed by atoms with van der Waals surface area (Å²) < 4.78 is 55.1. The number of aromatic amines is 1. The molecule has 2 aliphatic rings. The number of H-pyrrole nitrogens is 1. The van der Waals surface area contributed by atoms with Crippen LogP contribution in [-0.4, -0.2) is 52.0 Å². The van der Waals surface area contributed by atoms with Crippen molar-refractivity contribution in [3.63, 3.8) is 0 Å². The largest absolute Gasteiger partial charge is 0.470 e. The number of pyridine rings is 1. The first-order valence-electron chi connectivity index (χ1n) is 9.32. The topological polar surface area (TPSA) is 89.6 Å². The van der Waals surface area contributed by atoms with Gasteiger partial charge in [0.1, 0.15) is 17.4 Å². The summed E-state index contributed by atoms with van der Waals surface area (Å²) in [4.78, 5) is 17.8. The van der Waals surface area contributed by atoms with Crippen LogP contribution in [0.15, 0.2) is 42.6 Å². The van der Waals surface area contributed by atoms with Gasteiger partial charge >= 0.3 is 6.18 Å². The monoisotopic (exact) mass is 432 g/mol. The molecule has 0 spiro atoms. The SMILES string of the molecule is O=C(c1cc(-c2ccc3c(c2)OCO3)n[nH]1)N1CC(Oc2ncccc2C(F)(F)F)C1. The standard InChI is InChI=1S/C20H15F3N4O4/c21-20(22,23)13-2-1-5-24-18(13)31-12-8-27(9-12)19(28)15-7-14(25-26-15)11-3-4-16-17(6-11)30-10-29-16/h1-7,12H,8-10H2,(H,25,26). The molecule has 1 saturated heterocycles. The van der Waals surface area contributed by atoms with Crippen LogP contribution in [0.2, 0.25) is 0 Å². The van der Waals surface area contributed by atoms with Gasteiger partial charge in [0.2, 0.25) is 12.7 Å². The molecule has 0 aliphatic carbocycles. The first kappa shape index (κ1) is 19.2. The Morgan fingerprint density at radius 2 is 1.97 bits per heavy atom. The van der Waals surface area contributed by atoms with Crippen LogP contribution >= 0.6 is 0 Å². The summed E-state index contributed by atoms with van der Waals surface area (Å²) in [6.45, 7) is 0.445. The summed E-state index contributed by atoms with van der Waals surface area (Å²) in [6, 6.07) is 9.04. The van der Waals surface area contributed by atoms with E-state index in [1.807, 2.05) is 0 Å². The number of ether oxygens (including phenoxy) is 3. The van der Waals surface area contributed by atoms with Gasteiger partial charge in [0.05, 0.1) is 18.8 Å². The second kappa shape index (κ2) is 7.18. The molecule has 8 nitrogen and oxygen atoms in total. The first-order chi connectivity index (χ1) is 14.9. The van der Waals surface area contributed by atoms with Crippen LogP contribution in [-0.2, 0) is 6.18 Å². The number of nitrogens with one attached hydrogen (secondary N) is 1. The Morgan fingerprint density at radius 1 is 1.16 bits per heavy atom. The van der Waals surface area contributed by atoms with Crippen molar-refractivity contribution < 1.29 is 32.2 Å². The second-order valence-corrected chi connectivity index (χ2v) is 7.04.